The third kappa shape index (κ3) is 9.40. The quantitative estimate of drug-likeness (QED) is 0.117. The molecule has 0 aliphatic carbocycles. The van der Waals surface area contributed by atoms with Crippen LogP contribution >= 0.6 is 23.2 Å². The molecule has 2 N–H and O–H groups in total. The summed E-state index contributed by atoms with van der Waals surface area (Å²) in [6.45, 7) is 10.0. The first-order valence-corrected chi connectivity index (χ1v) is 21.0. The van der Waals surface area contributed by atoms with E-state index in [2.05, 4.69) is 15.3 Å². The predicted octanol–water partition coefficient (Wildman–Crippen LogP) is 9.66. The summed E-state index contributed by atoms with van der Waals surface area (Å²) >= 11 is 13.3. The summed E-state index contributed by atoms with van der Waals surface area (Å²) in [4.78, 5) is 41.7. The van der Waals surface area contributed by atoms with Crippen LogP contribution in [0.5, 0.6) is 17.2 Å². The second-order valence-electron chi connectivity index (χ2n) is 16.7. The number of piperidine rings is 1. The number of rotatable bonds is 12. The van der Waals surface area contributed by atoms with Crippen LogP contribution in [0.15, 0.2) is 59.4 Å². The van der Waals surface area contributed by atoms with Crippen molar-refractivity contribution < 1.29 is 36.9 Å². The van der Waals surface area contributed by atoms with Gasteiger partial charge in [-0.15, -0.1) is 0 Å². The molecule has 0 saturated carbocycles. The summed E-state index contributed by atoms with van der Waals surface area (Å²) in [5.41, 5.74) is -1.80. The second kappa shape index (κ2) is 18.2. The number of H-pyrrole nitrogens is 1. The Bertz CT molecular complexity index is 2450. The molecule has 62 heavy (non-hydrogen) atoms. The number of aryl methyl sites for hydroxylation is 1. The number of carbonyl (C=O) groups excluding carboxylic acids is 1. The number of amides is 1. The van der Waals surface area contributed by atoms with Gasteiger partial charge in [0.05, 0.1) is 30.5 Å². The molecule has 4 atom stereocenters. The van der Waals surface area contributed by atoms with Crippen LogP contribution in [-0.2, 0) is 17.8 Å². The zero-order valence-electron chi connectivity index (χ0n) is 35.5. The number of benzene rings is 3. The maximum atomic E-state index is 17.2. The Balaban J connectivity index is 1.34. The fourth-order valence-electron chi connectivity index (χ4n) is 8.34. The minimum atomic E-state index is -3.12. The topological polar surface area (TPSA) is 131 Å². The summed E-state index contributed by atoms with van der Waals surface area (Å²) in [7, 11) is 3.13. The second-order valence-corrected chi connectivity index (χ2v) is 17.4. The van der Waals surface area contributed by atoms with Crippen molar-refractivity contribution in [3.05, 3.63) is 103 Å². The molecular weight excluding hydrogens is 848 g/mol. The van der Waals surface area contributed by atoms with Gasteiger partial charge < -0.3 is 34.1 Å². The van der Waals surface area contributed by atoms with Crippen LogP contribution in [0.2, 0.25) is 10.3 Å². The minimum absolute atomic E-state index is 0.110. The maximum absolute atomic E-state index is 17.2. The van der Waals surface area contributed by atoms with Crippen molar-refractivity contribution in [1.29, 1.82) is 0 Å². The number of carbonyl (C=O) groups is 1. The number of fused-ring (bicyclic) bond motifs is 5. The Labute approximate surface area is 367 Å². The number of aromatic nitrogens is 3. The van der Waals surface area contributed by atoms with Crippen molar-refractivity contribution in [1.82, 2.24) is 25.2 Å². The van der Waals surface area contributed by atoms with Crippen LogP contribution in [0.4, 0.5) is 23.8 Å². The zero-order chi connectivity index (χ0) is 44.6. The summed E-state index contributed by atoms with van der Waals surface area (Å²) in [6, 6.07) is 15.8. The van der Waals surface area contributed by atoms with Crippen LogP contribution < -0.4 is 30.0 Å². The van der Waals surface area contributed by atoms with Crippen molar-refractivity contribution in [3.8, 4) is 28.5 Å². The fraction of sp³-hybridized carbons (Fsp3) is 0.422. The van der Waals surface area contributed by atoms with E-state index in [-0.39, 0.29) is 53.6 Å². The van der Waals surface area contributed by atoms with Crippen LogP contribution in [0.25, 0.3) is 22.2 Å². The van der Waals surface area contributed by atoms with Crippen LogP contribution in [-0.4, -0.2) is 77.0 Å². The molecule has 1 amide bonds. The van der Waals surface area contributed by atoms with E-state index in [0.717, 1.165) is 24.0 Å². The van der Waals surface area contributed by atoms with Gasteiger partial charge in [-0.1, -0.05) is 35.9 Å². The molecule has 3 fully saturated rings. The van der Waals surface area contributed by atoms with E-state index in [9.17, 15) is 9.59 Å². The molecule has 3 aliphatic rings. The van der Waals surface area contributed by atoms with Crippen molar-refractivity contribution >= 4 is 46.0 Å². The van der Waals surface area contributed by atoms with Gasteiger partial charge >= 0.3 is 6.09 Å². The molecule has 3 aliphatic heterocycles. The summed E-state index contributed by atoms with van der Waals surface area (Å²) < 4.78 is 70.8. The number of nitrogens with zero attached hydrogens (tertiary/aromatic N) is 4. The van der Waals surface area contributed by atoms with Gasteiger partial charge in [0.2, 0.25) is 5.28 Å². The average molecular weight is 898 g/mol. The third-order valence-corrected chi connectivity index (χ3v) is 11.9. The Hall–Kier alpha value is -5.25. The first-order valence-electron chi connectivity index (χ1n) is 20.3. The lowest BCUT2D eigenvalue weighted by Gasteiger charge is -2.38. The van der Waals surface area contributed by atoms with Gasteiger partial charge in [0, 0.05) is 43.8 Å². The number of ether oxygens (including phenoxy) is 4. The predicted molar refractivity (Wildman–Crippen MR) is 232 cm³/mol. The smallest absolute Gasteiger partial charge is 0.410 e. The maximum Gasteiger partial charge on any atom is 0.410 e. The molecule has 0 radical (unpaired) electrons. The molecule has 2 bridgehead atoms. The molecule has 12 nitrogen and oxygen atoms in total. The van der Waals surface area contributed by atoms with Gasteiger partial charge in [-0.05, 0) is 112 Å². The molecule has 0 spiro atoms. The van der Waals surface area contributed by atoms with Crippen molar-refractivity contribution in [2.75, 3.05) is 32.2 Å². The van der Waals surface area contributed by atoms with Crippen LogP contribution in [0.1, 0.15) is 69.2 Å². The Morgan fingerprint density at radius 1 is 0.984 bits per heavy atom. The van der Waals surface area contributed by atoms with Gasteiger partial charge in [-0.2, -0.15) is 0 Å². The van der Waals surface area contributed by atoms with E-state index in [1.165, 1.54) is 13.0 Å². The highest BCUT2D eigenvalue weighted by molar-refractivity contribution is 6.36. The SMILES string of the molecule is COc1ccc(CN(Cc2ccc(OC)cc2)c2cc(C)c(C(F)F)c(-c3c(Cl)c(O[C@H](C)[C@H]4NC[C@H]5CC[C@@H]4CN5C(=O)OC(C)(C)C)c4c(=O)[nH]c(Cl)nc4c3F)n2)cc1. The Kier molecular flexibility index (Phi) is 13.2. The lowest BCUT2D eigenvalue weighted by atomic mass is 9.88. The zero-order valence-corrected chi connectivity index (χ0v) is 37.0. The number of methoxy groups -OCH3 is 2. The minimum Gasteiger partial charge on any atom is -0.497 e. The van der Waals surface area contributed by atoms with Crippen LogP contribution in [0.3, 0.4) is 0 Å². The van der Waals surface area contributed by atoms with E-state index in [1.54, 1.807) is 26.0 Å². The van der Waals surface area contributed by atoms with E-state index >= 15 is 13.2 Å². The summed E-state index contributed by atoms with van der Waals surface area (Å²) in [5, 5.41) is 2.28. The number of hydrogen-bond donors (Lipinski definition) is 2. The first kappa shape index (κ1) is 44.8. The molecule has 8 rings (SSSR count). The molecule has 3 saturated heterocycles. The molecule has 5 heterocycles. The van der Waals surface area contributed by atoms with Crippen molar-refractivity contribution in [3.63, 3.8) is 0 Å². The number of aromatic amines is 1. The lowest BCUT2D eigenvalue weighted by Crippen LogP contribution is -2.50. The number of pyridine rings is 1. The lowest BCUT2D eigenvalue weighted by molar-refractivity contribution is 0.00524. The molecular formula is C45H49Cl2F3N6O6. The van der Waals surface area contributed by atoms with E-state index in [1.807, 2.05) is 74.2 Å². The molecule has 17 heteroatoms. The number of anilines is 1. The first-order chi connectivity index (χ1) is 29.5. The highest BCUT2D eigenvalue weighted by atomic mass is 35.5. The summed E-state index contributed by atoms with van der Waals surface area (Å²) in [6.07, 6.45) is -2.80. The molecule has 5 aromatic rings. The van der Waals surface area contributed by atoms with E-state index in [0.29, 0.717) is 24.6 Å². The van der Waals surface area contributed by atoms with Crippen molar-refractivity contribution in [2.45, 2.75) is 90.8 Å². The van der Waals surface area contributed by atoms with Gasteiger partial charge in [0.15, 0.2) is 11.6 Å². The molecule has 3 aromatic carbocycles. The number of hydrogen-bond acceptors (Lipinski definition) is 10. The van der Waals surface area contributed by atoms with Gasteiger partial charge in [-0.25, -0.2) is 27.9 Å². The normalized spacial score (nSPS) is 18.1. The highest BCUT2D eigenvalue weighted by Crippen LogP contribution is 2.46. The monoisotopic (exact) mass is 896 g/mol. The Morgan fingerprint density at radius 2 is 1.60 bits per heavy atom. The van der Waals surface area contributed by atoms with Gasteiger partial charge in [-0.3, -0.25) is 9.78 Å². The standard InChI is InChI=1S/C45H49Cl2F3N6O6/c1-23-18-31(55(20-25-8-14-29(59-6)15-9-25)21-26-10-16-30(60-7)17-11-26)52-38(32(23)41(49)50)33-35(46)40(34-39(36(33)48)53-43(47)54-42(34)57)61-24(2)37-27-12-13-28(19-51-37)56(22-27)44(58)62-45(3,4)5/h8-11,14-18,24,27-28,37,41,51H,12-13,19-22H2,1-7H3,(H,53,54,57)/t24-,27-,28-,37-/m1/s1. The fourth-order valence-corrected chi connectivity index (χ4v) is 8.82. The number of nitrogens with one attached hydrogen (secondary N) is 2. The number of alkyl halides is 2. The van der Waals surface area contributed by atoms with Crippen molar-refractivity contribution in [2.24, 2.45) is 5.92 Å². The molecule has 0 unspecified atom stereocenters. The highest BCUT2D eigenvalue weighted by Gasteiger charge is 2.43. The largest absolute Gasteiger partial charge is 0.497 e. The Morgan fingerprint density at radius 3 is 2.16 bits per heavy atom. The van der Waals surface area contributed by atoms with E-state index in [4.69, 9.17) is 47.1 Å². The molecule has 330 valence electrons. The van der Waals surface area contributed by atoms with E-state index < -0.39 is 68.2 Å². The number of halogens is 5. The van der Waals surface area contributed by atoms with Gasteiger partial charge in [0.1, 0.15) is 39.9 Å². The average Bonchev–Trinajstić information content (AvgIpc) is 3.54. The third-order valence-electron chi connectivity index (χ3n) is 11.3. The van der Waals surface area contributed by atoms with Crippen LogP contribution in [0, 0.1) is 18.7 Å². The van der Waals surface area contributed by atoms with Gasteiger partial charge in [0.25, 0.3) is 12.0 Å². The molecule has 2 aromatic heterocycles. The summed E-state index contributed by atoms with van der Waals surface area (Å²) in [5.74, 6) is -0.0246.